The van der Waals surface area contributed by atoms with Crippen LogP contribution in [0.25, 0.3) is 0 Å². The highest BCUT2D eigenvalue weighted by Crippen LogP contribution is 2.33. The number of fused-ring (bicyclic) bond motifs is 1. The van der Waals surface area contributed by atoms with Crippen LogP contribution in [0.2, 0.25) is 0 Å². The molecule has 30 heavy (non-hydrogen) atoms. The standard InChI is InChI=1S/C24H38N2O4/c1-3-4-5-6-7-10-23(27)25-20(17-26-13-8-9-18(26)2)24(28)19-11-12-21-22(16-19)30-15-14-29-21/h11-12,16,18,20,24,28H,3-10,13-15,17H2,1-2H3,(H,25,27)/t18-,20-,24?/m1/s1. The second-order valence-electron chi connectivity index (χ2n) is 8.67. The molecule has 1 aromatic carbocycles. The van der Waals surface area contributed by atoms with Crippen molar-refractivity contribution in [2.75, 3.05) is 26.3 Å². The van der Waals surface area contributed by atoms with E-state index in [4.69, 9.17) is 9.47 Å². The first-order valence-corrected chi connectivity index (χ1v) is 11.7. The average Bonchev–Trinajstić information content (AvgIpc) is 3.16. The summed E-state index contributed by atoms with van der Waals surface area (Å²) in [6.45, 7) is 7.12. The lowest BCUT2D eigenvalue weighted by Gasteiger charge is -2.31. The zero-order valence-electron chi connectivity index (χ0n) is 18.6. The molecule has 0 aromatic heterocycles. The number of hydrogen-bond donors (Lipinski definition) is 2. The molecule has 0 bridgehead atoms. The maximum absolute atomic E-state index is 12.6. The zero-order chi connectivity index (χ0) is 21.3. The zero-order valence-corrected chi connectivity index (χ0v) is 18.6. The van der Waals surface area contributed by atoms with Crippen LogP contribution in [0.5, 0.6) is 11.5 Å². The Hall–Kier alpha value is -1.79. The van der Waals surface area contributed by atoms with Crippen LogP contribution < -0.4 is 14.8 Å². The van der Waals surface area contributed by atoms with Gasteiger partial charge in [0.25, 0.3) is 0 Å². The molecule has 1 aromatic rings. The van der Waals surface area contributed by atoms with Crippen LogP contribution in [-0.4, -0.2) is 54.3 Å². The molecule has 1 fully saturated rings. The van der Waals surface area contributed by atoms with Gasteiger partial charge in [0.1, 0.15) is 19.3 Å². The predicted molar refractivity (Wildman–Crippen MR) is 118 cm³/mol. The third-order valence-corrected chi connectivity index (χ3v) is 6.26. The summed E-state index contributed by atoms with van der Waals surface area (Å²) in [5.74, 6) is 1.39. The molecule has 0 aliphatic carbocycles. The van der Waals surface area contributed by atoms with E-state index >= 15 is 0 Å². The van der Waals surface area contributed by atoms with Crippen LogP contribution in [-0.2, 0) is 4.79 Å². The number of nitrogens with zero attached hydrogens (tertiary/aromatic N) is 1. The van der Waals surface area contributed by atoms with Gasteiger partial charge in [-0.15, -0.1) is 0 Å². The molecular formula is C24H38N2O4. The van der Waals surface area contributed by atoms with Crippen molar-refractivity contribution in [1.29, 1.82) is 0 Å². The summed E-state index contributed by atoms with van der Waals surface area (Å²) in [4.78, 5) is 15.0. The molecule has 0 spiro atoms. The highest BCUT2D eigenvalue weighted by molar-refractivity contribution is 5.76. The summed E-state index contributed by atoms with van der Waals surface area (Å²) in [6, 6.07) is 5.69. The molecule has 6 heteroatoms. The Morgan fingerprint density at radius 2 is 1.97 bits per heavy atom. The highest BCUT2D eigenvalue weighted by Gasteiger charge is 2.30. The Morgan fingerprint density at radius 1 is 1.20 bits per heavy atom. The van der Waals surface area contributed by atoms with Gasteiger partial charge >= 0.3 is 0 Å². The van der Waals surface area contributed by atoms with Crippen LogP contribution in [0, 0.1) is 0 Å². The number of carbonyl (C=O) groups excluding carboxylic acids is 1. The molecule has 1 amide bonds. The Balaban J connectivity index is 1.64. The first kappa shape index (κ1) is 22.9. The number of amides is 1. The van der Waals surface area contributed by atoms with Crippen molar-refractivity contribution in [1.82, 2.24) is 10.2 Å². The van der Waals surface area contributed by atoms with E-state index in [-0.39, 0.29) is 11.9 Å². The third-order valence-electron chi connectivity index (χ3n) is 6.26. The van der Waals surface area contributed by atoms with Crippen molar-refractivity contribution in [3.05, 3.63) is 23.8 Å². The third kappa shape index (κ3) is 6.35. The number of unbranched alkanes of at least 4 members (excludes halogenated alkanes) is 4. The maximum atomic E-state index is 12.6. The lowest BCUT2D eigenvalue weighted by Crippen LogP contribution is -2.48. The van der Waals surface area contributed by atoms with Crippen molar-refractivity contribution in [3.63, 3.8) is 0 Å². The number of benzene rings is 1. The number of ether oxygens (including phenoxy) is 2. The van der Waals surface area contributed by atoms with Crippen LogP contribution in [0.3, 0.4) is 0 Å². The van der Waals surface area contributed by atoms with Gasteiger partial charge in [0, 0.05) is 19.0 Å². The summed E-state index contributed by atoms with van der Waals surface area (Å²) >= 11 is 0. The van der Waals surface area contributed by atoms with Crippen molar-refractivity contribution in [2.24, 2.45) is 0 Å². The molecule has 6 nitrogen and oxygen atoms in total. The molecule has 2 heterocycles. The number of aliphatic hydroxyl groups is 1. The van der Waals surface area contributed by atoms with E-state index < -0.39 is 6.10 Å². The normalized spacial score (nSPS) is 20.7. The first-order chi connectivity index (χ1) is 14.6. The van der Waals surface area contributed by atoms with Crippen molar-refractivity contribution in [3.8, 4) is 11.5 Å². The number of rotatable bonds is 11. The minimum Gasteiger partial charge on any atom is -0.486 e. The number of aliphatic hydroxyl groups excluding tert-OH is 1. The topological polar surface area (TPSA) is 71.0 Å². The van der Waals surface area contributed by atoms with Gasteiger partial charge < -0.3 is 19.9 Å². The fourth-order valence-electron chi connectivity index (χ4n) is 4.39. The summed E-state index contributed by atoms with van der Waals surface area (Å²) in [7, 11) is 0. The number of hydrogen-bond acceptors (Lipinski definition) is 5. The molecule has 3 atom stereocenters. The fraction of sp³-hybridized carbons (Fsp3) is 0.708. The molecule has 0 saturated carbocycles. The van der Waals surface area contributed by atoms with Gasteiger partial charge in [0.2, 0.25) is 5.91 Å². The van der Waals surface area contributed by atoms with Crippen LogP contribution in [0.1, 0.15) is 76.9 Å². The Labute approximate surface area is 180 Å². The molecule has 2 aliphatic heterocycles. The predicted octanol–water partition coefficient (Wildman–Crippen LogP) is 3.82. The number of carbonyl (C=O) groups is 1. The SMILES string of the molecule is CCCCCCCC(=O)N[C@H](CN1CCC[C@H]1C)C(O)c1ccc2c(c1)OCCO2. The fourth-order valence-corrected chi connectivity index (χ4v) is 4.39. The average molecular weight is 419 g/mol. The van der Waals surface area contributed by atoms with E-state index in [0.29, 0.717) is 43.7 Å². The van der Waals surface area contributed by atoms with E-state index in [2.05, 4.69) is 24.1 Å². The van der Waals surface area contributed by atoms with Crippen LogP contribution in [0.4, 0.5) is 0 Å². The summed E-state index contributed by atoms with van der Waals surface area (Å²) in [5.41, 5.74) is 0.749. The monoisotopic (exact) mass is 418 g/mol. The quantitative estimate of drug-likeness (QED) is 0.535. The van der Waals surface area contributed by atoms with E-state index in [1.54, 1.807) is 0 Å². The van der Waals surface area contributed by atoms with Crippen molar-refractivity contribution >= 4 is 5.91 Å². The van der Waals surface area contributed by atoms with E-state index in [1.807, 2.05) is 18.2 Å². The molecule has 0 radical (unpaired) electrons. The van der Waals surface area contributed by atoms with Gasteiger partial charge in [-0.25, -0.2) is 0 Å². The van der Waals surface area contributed by atoms with E-state index in [9.17, 15) is 9.90 Å². The molecule has 168 valence electrons. The Bertz CT molecular complexity index is 681. The van der Waals surface area contributed by atoms with Gasteiger partial charge in [0.15, 0.2) is 11.5 Å². The van der Waals surface area contributed by atoms with E-state index in [0.717, 1.165) is 31.4 Å². The Kier molecular flexibility index (Phi) is 8.82. The van der Waals surface area contributed by atoms with Crippen LogP contribution >= 0.6 is 0 Å². The van der Waals surface area contributed by atoms with Gasteiger partial charge in [-0.3, -0.25) is 9.69 Å². The minimum absolute atomic E-state index is 0.0277. The second-order valence-corrected chi connectivity index (χ2v) is 8.67. The highest BCUT2D eigenvalue weighted by atomic mass is 16.6. The minimum atomic E-state index is -0.794. The molecule has 3 rings (SSSR count). The van der Waals surface area contributed by atoms with Gasteiger partial charge in [-0.05, 0) is 50.4 Å². The summed E-state index contributed by atoms with van der Waals surface area (Å²) in [6.07, 6.45) is 7.64. The molecule has 2 aliphatic rings. The van der Waals surface area contributed by atoms with E-state index in [1.165, 1.54) is 25.7 Å². The molecule has 2 N–H and O–H groups in total. The smallest absolute Gasteiger partial charge is 0.220 e. The molecule has 1 unspecified atom stereocenters. The van der Waals surface area contributed by atoms with Crippen molar-refractivity contribution in [2.45, 2.75) is 83.4 Å². The number of likely N-dealkylation sites (tertiary alicyclic amines) is 1. The van der Waals surface area contributed by atoms with Gasteiger partial charge in [-0.2, -0.15) is 0 Å². The maximum Gasteiger partial charge on any atom is 0.220 e. The number of nitrogens with one attached hydrogen (secondary N) is 1. The molecular weight excluding hydrogens is 380 g/mol. The summed E-state index contributed by atoms with van der Waals surface area (Å²) in [5, 5.41) is 14.3. The van der Waals surface area contributed by atoms with Gasteiger partial charge in [0.05, 0.1) is 6.04 Å². The first-order valence-electron chi connectivity index (χ1n) is 11.7. The van der Waals surface area contributed by atoms with Crippen molar-refractivity contribution < 1.29 is 19.4 Å². The Morgan fingerprint density at radius 3 is 2.70 bits per heavy atom. The van der Waals surface area contributed by atoms with Crippen LogP contribution in [0.15, 0.2) is 18.2 Å². The second kappa shape index (κ2) is 11.6. The lowest BCUT2D eigenvalue weighted by atomic mass is 10.00. The van der Waals surface area contributed by atoms with Gasteiger partial charge in [-0.1, -0.05) is 38.7 Å². The largest absolute Gasteiger partial charge is 0.486 e. The molecule has 1 saturated heterocycles. The summed E-state index contributed by atoms with van der Waals surface area (Å²) < 4.78 is 11.3. The lowest BCUT2D eigenvalue weighted by molar-refractivity contribution is -0.123.